The van der Waals surface area contributed by atoms with E-state index in [1.807, 2.05) is 48.5 Å². The van der Waals surface area contributed by atoms with Gasteiger partial charge in [-0.05, 0) is 22.8 Å². The minimum Gasteiger partial charge on any atom is -0.364 e. The zero-order chi connectivity index (χ0) is 17.9. The Balaban J connectivity index is 1.66. The van der Waals surface area contributed by atoms with Gasteiger partial charge in [-0.15, -0.1) is 0 Å². The first kappa shape index (κ1) is 16.5. The summed E-state index contributed by atoms with van der Waals surface area (Å²) in [6.07, 6.45) is 0.304. The van der Waals surface area contributed by atoms with Crippen molar-refractivity contribution in [3.8, 4) is 0 Å². The Labute approximate surface area is 151 Å². The fourth-order valence-corrected chi connectivity index (χ4v) is 3.32. The van der Waals surface area contributed by atoms with Gasteiger partial charge in [0.2, 0.25) is 0 Å². The molecule has 0 bridgehead atoms. The largest absolute Gasteiger partial charge is 0.364 e. The molecule has 0 radical (unpaired) electrons. The lowest BCUT2D eigenvalue weighted by Crippen LogP contribution is -2.26. The summed E-state index contributed by atoms with van der Waals surface area (Å²) in [6, 6.07) is 23.7. The van der Waals surface area contributed by atoms with Gasteiger partial charge in [-0.2, -0.15) is 0 Å². The Hall–Kier alpha value is -3.01. The molecular weight excluding hydrogens is 330 g/mol. The van der Waals surface area contributed by atoms with Crippen molar-refractivity contribution in [2.45, 2.75) is 18.5 Å². The Kier molecular flexibility index (Phi) is 4.48. The van der Waals surface area contributed by atoms with E-state index in [4.69, 9.17) is 4.99 Å². The highest BCUT2D eigenvalue weighted by Gasteiger charge is 2.31. The number of benzene rings is 3. The first-order chi connectivity index (χ1) is 12.7. The highest BCUT2D eigenvalue weighted by atomic mass is 19.1. The van der Waals surface area contributed by atoms with E-state index in [1.54, 1.807) is 0 Å². The molecule has 2 unspecified atom stereocenters. The number of nitrogens with zero attached hydrogens (tertiary/aromatic N) is 1. The van der Waals surface area contributed by atoms with Crippen LogP contribution in [0.3, 0.4) is 0 Å². The van der Waals surface area contributed by atoms with E-state index in [2.05, 4.69) is 17.4 Å². The second-order valence-electron chi connectivity index (χ2n) is 6.38. The SMILES string of the molecule is Fc1ccc(CC2=NC(c3ccccc3)C(c3ccccc3)N2)c(F)c1. The molecule has 130 valence electrons. The van der Waals surface area contributed by atoms with Gasteiger partial charge in [0.05, 0.1) is 6.04 Å². The van der Waals surface area contributed by atoms with E-state index in [9.17, 15) is 8.78 Å². The van der Waals surface area contributed by atoms with Crippen molar-refractivity contribution in [1.82, 2.24) is 5.32 Å². The second kappa shape index (κ2) is 7.08. The topological polar surface area (TPSA) is 24.4 Å². The minimum atomic E-state index is -0.572. The molecule has 26 heavy (non-hydrogen) atoms. The maximum absolute atomic E-state index is 14.0. The van der Waals surface area contributed by atoms with Crippen LogP contribution >= 0.6 is 0 Å². The summed E-state index contributed by atoms with van der Waals surface area (Å²) in [4.78, 5) is 4.82. The van der Waals surface area contributed by atoms with Crippen LogP contribution in [0.4, 0.5) is 8.78 Å². The van der Waals surface area contributed by atoms with Crippen LogP contribution in [0.2, 0.25) is 0 Å². The minimum absolute atomic E-state index is 0.0166. The lowest BCUT2D eigenvalue weighted by atomic mass is 9.95. The van der Waals surface area contributed by atoms with Crippen LogP contribution in [0.5, 0.6) is 0 Å². The number of rotatable bonds is 4. The first-order valence-electron chi connectivity index (χ1n) is 8.58. The average Bonchev–Trinajstić information content (AvgIpc) is 3.09. The normalized spacial score (nSPS) is 19.1. The lowest BCUT2D eigenvalue weighted by molar-refractivity contribution is 0.569. The molecule has 2 nitrogen and oxygen atoms in total. The highest BCUT2D eigenvalue weighted by Crippen LogP contribution is 2.36. The van der Waals surface area contributed by atoms with Crippen molar-refractivity contribution in [2.75, 3.05) is 0 Å². The van der Waals surface area contributed by atoms with Crippen LogP contribution in [-0.4, -0.2) is 5.84 Å². The van der Waals surface area contributed by atoms with E-state index in [1.165, 1.54) is 12.1 Å². The van der Waals surface area contributed by atoms with Crippen LogP contribution in [0.25, 0.3) is 0 Å². The summed E-state index contributed by atoms with van der Waals surface area (Å²) < 4.78 is 27.2. The molecule has 0 fully saturated rings. The van der Waals surface area contributed by atoms with Gasteiger partial charge in [-0.3, -0.25) is 4.99 Å². The van der Waals surface area contributed by atoms with E-state index >= 15 is 0 Å². The van der Waals surface area contributed by atoms with E-state index in [0.717, 1.165) is 17.2 Å². The van der Waals surface area contributed by atoms with Crippen molar-refractivity contribution in [2.24, 2.45) is 4.99 Å². The molecule has 1 aliphatic rings. The third-order valence-corrected chi connectivity index (χ3v) is 4.61. The second-order valence-corrected chi connectivity index (χ2v) is 6.38. The molecule has 0 saturated heterocycles. The number of halogens is 2. The fourth-order valence-electron chi connectivity index (χ4n) is 3.32. The third kappa shape index (κ3) is 3.36. The molecule has 4 heteroatoms. The molecule has 0 saturated carbocycles. The standard InChI is InChI=1S/C22H18F2N2/c23-18-12-11-17(19(24)14-18)13-20-25-21(15-7-3-1-4-8-15)22(26-20)16-9-5-2-6-10-16/h1-12,14,21-22H,13H2,(H,25,26). The zero-order valence-electron chi connectivity index (χ0n) is 14.1. The Morgan fingerprint density at radius 2 is 1.46 bits per heavy atom. The van der Waals surface area contributed by atoms with Crippen molar-refractivity contribution >= 4 is 5.84 Å². The number of amidine groups is 1. The van der Waals surface area contributed by atoms with Crippen LogP contribution in [0.1, 0.15) is 28.8 Å². The quantitative estimate of drug-likeness (QED) is 0.706. The van der Waals surface area contributed by atoms with Crippen molar-refractivity contribution in [1.29, 1.82) is 0 Å². The zero-order valence-corrected chi connectivity index (χ0v) is 14.1. The van der Waals surface area contributed by atoms with Crippen LogP contribution in [0.15, 0.2) is 83.9 Å². The fraction of sp³-hybridized carbons (Fsp3) is 0.136. The molecular formula is C22H18F2N2. The summed E-state index contributed by atoms with van der Waals surface area (Å²) in [5.74, 6) is -0.413. The summed E-state index contributed by atoms with van der Waals surface area (Å²) in [5.41, 5.74) is 2.65. The van der Waals surface area contributed by atoms with E-state index in [-0.39, 0.29) is 12.1 Å². The maximum atomic E-state index is 14.0. The third-order valence-electron chi connectivity index (χ3n) is 4.61. The molecule has 3 aromatic rings. The summed E-state index contributed by atoms with van der Waals surface area (Å²) >= 11 is 0. The maximum Gasteiger partial charge on any atom is 0.129 e. The highest BCUT2D eigenvalue weighted by molar-refractivity contribution is 5.87. The Morgan fingerprint density at radius 3 is 2.12 bits per heavy atom. The van der Waals surface area contributed by atoms with Gasteiger partial charge in [0.15, 0.2) is 0 Å². The molecule has 3 aromatic carbocycles. The van der Waals surface area contributed by atoms with Gasteiger partial charge in [-0.1, -0.05) is 66.7 Å². The van der Waals surface area contributed by atoms with E-state index < -0.39 is 11.6 Å². The van der Waals surface area contributed by atoms with Crippen LogP contribution in [-0.2, 0) is 6.42 Å². The Bertz CT molecular complexity index is 923. The number of hydrogen-bond acceptors (Lipinski definition) is 2. The van der Waals surface area contributed by atoms with Crippen LogP contribution < -0.4 is 5.32 Å². The predicted molar refractivity (Wildman–Crippen MR) is 99.0 cm³/mol. The van der Waals surface area contributed by atoms with Gasteiger partial charge < -0.3 is 5.32 Å². The molecule has 2 atom stereocenters. The molecule has 0 amide bonds. The van der Waals surface area contributed by atoms with Gasteiger partial charge in [0.25, 0.3) is 0 Å². The first-order valence-corrected chi connectivity index (χ1v) is 8.58. The molecule has 0 aliphatic carbocycles. The number of nitrogens with one attached hydrogen (secondary N) is 1. The van der Waals surface area contributed by atoms with Gasteiger partial charge >= 0.3 is 0 Å². The molecule has 4 rings (SSSR count). The lowest BCUT2D eigenvalue weighted by Gasteiger charge is -2.19. The number of aliphatic imine (C=N–C) groups is 1. The monoisotopic (exact) mass is 348 g/mol. The van der Waals surface area contributed by atoms with Gasteiger partial charge in [-0.25, -0.2) is 8.78 Å². The number of hydrogen-bond donors (Lipinski definition) is 1. The molecule has 1 N–H and O–H groups in total. The van der Waals surface area contributed by atoms with Gasteiger partial charge in [0, 0.05) is 12.5 Å². The summed E-state index contributed by atoms with van der Waals surface area (Å²) in [5, 5.41) is 3.44. The summed E-state index contributed by atoms with van der Waals surface area (Å²) in [7, 11) is 0. The molecule has 0 spiro atoms. The van der Waals surface area contributed by atoms with Crippen molar-refractivity contribution in [3.05, 3.63) is 107 Å². The summed E-state index contributed by atoms with van der Waals surface area (Å²) in [6.45, 7) is 0. The van der Waals surface area contributed by atoms with Crippen LogP contribution in [0, 0.1) is 11.6 Å². The van der Waals surface area contributed by atoms with Gasteiger partial charge in [0.1, 0.15) is 23.5 Å². The van der Waals surface area contributed by atoms with Crippen molar-refractivity contribution in [3.63, 3.8) is 0 Å². The molecule has 0 aromatic heterocycles. The average molecular weight is 348 g/mol. The predicted octanol–water partition coefficient (Wildman–Crippen LogP) is 4.99. The smallest absolute Gasteiger partial charge is 0.129 e. The Morgan fingerprint density at radius 1 is 0.808 bits per heavy atom. The molecule has 1 heterocycles. The van der Waals surface area contributed by atoms with Crippen molar-refractivity contribution < 1.29 is 8.78 Å². The molecule has 1 aliphatic heterocycles. The van der Waals surface area contributed by atoms with E-state index in [0.29, 0.717) is 17.8 Å².